The molecular weight excluding hydrogens is 291 g/mol. The van der Waals surface area contributed by atoms with Crippen molar-refractivity contribution in [3.8, 4) is 0 Å². The van der Waals surface area contributed by atoms with Crippen LogP contribution in [0.4, 0.5) is 4.39 Å². The molecular formula is C15H15FN2O4. The van der Waals surface area contributed by atoms with E-state index in [4.69, 9.17) is 4.42 Å². The van der Waals surface area contributed by atoms with Gasteiger partial charge in [-0.25, -0.2) is 14.2 Å². The lowest BCUT2D eigenvalue weighted by Gasteiger charge is -2.15. The molecule has 1 heterocycles. The molecule has 0 aliphatic rings. The lowest BCUT2D eigenvalue weighted by molar-refractivity contribution is -0.139. The van der Waals surface area contributed by atoms with E-state index in [1.54, 1.807) is 6.92 Å². The van der Waals surface area contributed by atoms with Crippen molar-refractivity contribution in [3.63, 3.8) is 0 Å². The first-order chi connectivity index (χ1) is 10.4. The van der Waals surface area contributed by atoms with Gasteiger partial charge in [-0.05, 0) is 24.1 Å². The van der Waals surface area contributed by atoms with Gasteiger partial charge >= 0.3 is 5.97 Å². The van der Waals surface area contributed by atoms with Crippen molar-refractivity contribution in [1.82, 2.24) is 10.3 Å². The standard InChI is InChI=1S/C15H15FN2O4/c1-3-11-13(17-7-22-11)14(19)18-12(15(20)21)9-4-5-10(16)8(2)6-9/h4-7,12H,3H2,1-2H3,(H,18,19)(H,20,21). The Bertz CT molecular complexity index is 711. The Balaban J connectivity index is 2.27. The van der Waals surface area contributed by atoms with Crippen LogP contribution in [0.2, 0.25) is 0 Å². The summed E-state index contributed by atoms with van der Waals surface area (Å²) >= 11 is 0. The number of rotatable bonds is 5. The van der Waals surface area contributed by atoms with E-state index in [-0.39, 0.29) is 11.3 Å². The van der Waals surface area contributed by atoms with Crippen molar-refractivity contribution in [3.05, 3.63) is 53.0 Å². The number of carbonyl (C=O) groups excluding carboxylic acids is 1. The van der Waals surface area contributed by atoms with Crippen molar-refractivity contribution >= 4 is 11.9 Å². The number of carbonyl (C=O) groups is 2. The summed E-state index contributed by atoms with van der Waals surface area (Å²) in [5.74, 6) is -1.97. The van der Waals surface area contributed by atoms with Crippen LogP contribution in [0.3, 0.4) is 0 Å². The van der Waals surface area contributed by atoms with E-state index in [1.807, 2.05) is 0 Å². The maximum Gasteiger partial charge on any atom is 0.330 e. The summed E-state index contributed by atoms with van der Waals surface area (Å²) < 4.78 is 18.3. The Morgan fingerprint density at radius 2 is 2.18 bits per heavy atom. The minimum Gasteiger partial charge on any atom is -0.479 e. The van der Waals surface area contributed by atoms with Crippen LogP contribution in [-0.2, 0) is 11.2 Å². The summed E-state index contributed by atoms with van der Waals surface area (Å²) in [5, 5.41) is 11.7. The van der Waals surface area contributed by atoms with Crippen LogP contribution in [0.1, 0.15) is 40.3 Å². The lowest BCUT2D eigenvalue weighted by atomic mass is 10.0. The van der Waals surface area contributed by atoms with Crippen molar-refractivity contribution in [1.29, 1.82) is 0 Å². The number of oxazole rings is 1. The maximum atomic E-state index is 13.3. The van der Waals surface area contributed by atoms with E-state index >= 15 is 0 Å². The summed E-state index contributed by atoms with van der Waals surface area (Å²) in [5.41, 5.74) is 0.627. The molecule has 1 aromatic carbocycles. The van der Waals surface area contributed by atoms with Gasteiger partial charge in [0.2, 0.25) is 0 Å². The van der Waals surface area contributed by atoms with E-state index in [9.17, 15) is 19.1 Å². The Morgan fingerprint density at radius 1 is 1.45 bits per heavy atom. The quantitative estimate of drug-likeness (QED) is 0.883. The molecule has 2 rings (SSSR count). The van der Waals surface area contributed by atoms with Gasteiger partial charge in [0.15, 0.2) is 18.1 Å². The molecule has 1 unspecified atom stereocenters. The minimum absolute atomic E-state index is 0.0487. The molecule has 0 bridgehead atoms. The van der Waals surface area contributed by atoms with Crippen LogP contribution in [0.25, 0.3) is 0 Å². The number of carboxylic acids is 1. The number of aromatic nitrogens is 1. The fourth-order valence-corrected chi connectivity index (χ4v) is 2.04. The van der Waals surface area contributed by atoms with Gasteiger partial charge in [0.05, 0.1) is 0 Å². The van der Waals surface area contributed by atoms with Gasteiger partial charge in [0.25, 0.3) is 5.91 Å². The van der Waals surface area contributed by atoms with Crippen LogP contribution < -0.4 is 5.32 Å². The van der Waals surface area contributed by atoms with Gasteiger partial charge in [-0.15, -0.1) is 0 Å². The van der Waals surface area contributed by atoms with E-state index in [1.165, 1.54) is 25.1 Å². The first kappa shape index (κ1) is 15.7. The molecule has 0 aliphatic carbocycles. The largest absolute Gasteiger partial charge is 0.479 e. The highest BCUT2D eigenvalue weighted by atomic mass is 19.1. The molecule has 22 heavy (non-hydrogen) atoms. The van der Waals surface area contributed by atoms with Crippen molar-refractivity contribution in [2.75, 3.05) is 0 Å². The highest BCUT2D eigenvalue weighted by Crippen LogP contribution is 2.18. The van der Waals surface area contributed by atoms with Gasteiger partial charge in [0, 0.05) is 6.42 Å². The molecule has 0 saturated heterocycles. The van der Waals surface area contributed by atoms with E-state index in [0.717, 1.165) is 6.39 Å². The zero-order valence-electron chi connectivity index (χ0n) is 12.1. The number of benzene rings is 1. The first-order valence-electron chi connectivity index (χ1n) is 6.66. The molecule has 0 spiro atoms. The van der Waals surface area contributed by atoms with Crippen LogP contribution in [0.15, 0.2) is 29.0 Å². The third-order valence-corrected chi connectivity index (χ3v) is 3.21. The number of carboxylic acid groups (broad SMARTS) is 1. The molecule has 6 nitrogen and oxygen atoms in total. The normalized spacial score (nSPS) is 12.0. The van der Waals surface area contributed by atoms with Gasteiger partial charge in [-0.3, -0.25) is 4.79 Å². The molecule has 0 radical (unpaired) electrons. The maximum absolute atomic E-state index is 13.3. The number of halogens is 1. The Hall–Kier alpha value is -2.70. The average Bonchev–Trinajstić information content (AvgIpc) is 2.96. The lowest BCUT2D eigenvalue weighted by Crippen LogP contribution is -2.34. The van der Waals surface area contributed by atoms with Crippen molar-refractivity contribution < 1.29 is 23.5 Å². The molecule has 1 aromatic heterocycles. The van der Waals surface area contributed by atoms with Gasteiger partial charge in [-0.1, -0.05) is 19.1 Å². The van der Waals surface area contributed by atoms with E-state index in [2.05, 4.69) is 10.3 Å². The Morgan fingerprint density at radius 3 is 2.77 bits per heavy atom. The second kappa shape index (κ2) is 6.38. The predicted molar refractivity (Wildman–Crippen MR) is 74.9 cm³/mol. The summed E-state index contributed by atoms with van der Waals surface area (Å²) in [6, 6.07) is 2.58. The number of aryl methyl sites for hydroxylation is 2. The SMILES string of the molecule is CCc1ocnc1C(=O)NC(C(=O)O)c1ccc(F)c(C)c1. The number of hydrogen-bond acceptors (Lipinski definition) is 4. The summed E-state index contributed by atoms with van der Waals surface area (Å²) in [6.07, 6.45) is 1.59. The fourth-order valence-electron chi connectivity index (χ4n) is 2.04. The number of nitrogens with zero attached hydrogens (tertiary/aromatic N) is 1. The van der Waals surface area contributed by atoms with Crippen LogP contribution in [0.5, 0.6) is 0 Å². The third kappa shape index (κ3) is 3.13. The van der Waals surface area contributed by atoms with Gasteiger partial charge in [0.1, 0.15) is 11.6 Å². The second-order valence-corrected chi connectivity index (χ2v) is 4.73. The van der Waals surface area contributed by atoms with E-state index < -0.39 is 23.7 Å². The highest BCUT2D eigenvalue weighted by Gasteiger charge is 2.25. The molecule has 2 aromatic rings. The number of nitrogens with one attached hydrogen (secondary N) is 1. The van der Waals surface area contributed by atoms with Crippen LogP contribution in [-0.4, -0.2) is 22.0 Å². The predicted octanol–water partition coefficient (Wildman–Crippen LogP) is 2.24. The van der Waals surface area contributed by atoms with Gasteiger partial charge in [-0.2, -0.15) is 0 Å². The topological polar surface area (TPSA) is 92.4 Å². The number of aliphatic carboxylic acids is 1. The van der Waals surface area contributed by atoms with Crippen molar-refractivity contribution in [2.45, 2.75) is 26.3 Å². The molecule has 7 heteroatoms. The zero-order valence-corrected chi connectivity index (χ0v) is 12.1. The third-order valence-electron chi connectivity index (χ3n) is 3.21. The zero-order chi connectivity index (χ0) is 16.3. The molecule has 0 aliphatic heterocycles. The average molecular weight is 306 g/mol. The highest BCUT2D eigenvalue weighted by molar-refractivity contribution is 5.96. The molecule has 116 valence electrons. The van der Waals surface area contributed by atoms with Crippen LogP contribution >= 0.6 is 0 Å². The minimum atomic E-state index is -1.30. The summed E-state index contributed by atoms with van der Waals surface area (Å²) in [6.45, 7) is 3.31. The number of amides is 1. The monoisotopic (exact) mass is 306 g/mol. The second-order valence-electron chi connectivity index (χ2n) is 4.73. The Labute approximate surface area is 126 Å². The summed E-state index contributed by atoms with van der Waals surface area (Å²) in [7, 11) is 0. The molecule has 1 amide bonds. The molecule has 0 fully saturated rings. The van der Waals surface area contributed by atoms with E-state index in [0.29, 0.717) is 17.7 Å². The first-order valence-corrected chi connectivity index (χ1v) is 6.66. The molecule has 1 atom stereocenters. The molecule has 0 saturated carbocycles. The van der Waals surface area contributed by atoms with Crippen LogP contribution in [0, 0.1) is 12.7 Å². The fraction of sp³-hybridized carbons (Fsp3) is 0.267. The smallest absolute Gasteiger partial charge is 0.330 e. The van der Waals surface area contributed by atoms with Gasteiger partial charge < -0.3 is 14.8 Å². The van der Waals surface area contributed by atoms with Crippen molar-refractivity contribution in [2.24, 2.45) is 0 Å². The number of hydrogen-bond donors (Lipinski definition) is 2. The Kier molecular flexibility index (Phi) is 4.55. The summed E-state index contributed by atoms with van der Waals surface area (Å²) in [4.78, 5) is 27.4. The molecule has 2 N–H and O–H groups in total.